The van der Waals surface area contributed by atoms with Crippen molar-refractivity contribution in [3.63, 3.8) is 0 Å². The average molecular weight is 345 g/mol. The fraction of sp³-hybridized carbons (Fsp3) is 0.789. The van der Waals surface area contributed by atoms with Crippen molar-refractivity contribution in [2.24, 2.45) is 5.92 Å². The van der Waals surface area contributed by atoms with E-state index in [0.717, 1.165) is 76.1 Å². The normalized spacial score (nSPS) is 29.0. The molecule has 2 aliphatic heterocycles. The van der Waals surface area contributed by atoms with Crippen LogP contribution in [0.1, 0.15) is 32.6 Å². The van der Waals surface area contributed by atoms with E-state index in [-0.39, 0.29) is 0 Å². The maximum atomic E-state index is 5.44. The van der Waals surface area contributed by atoms with Crippen LogP contribution in [0.25, 0.3) is 0 Å². The fourth-order valence-corrected chi connectivity index (χ4v) is 4.40. The summed E-state index contributed by atoms with van der Waals surface area (Å²) in [7, 11) is 0. The molecule has 1 aliphatic carbocycles. The average Bonchev–Trinajstić information content (AvgIpc) is 2.70. The molecule has 1 aromatic heterocycles. The molecule has 0 spiro atoms. The van der Waals surface area contributed by atoms with Crippen LogP contribution in [0.15, 0.2) is 12.4 Å². The van der Waals surface area contributed by atoms with Crippen molar-refractivity contribution in [1.82, 2.24) is 14.9 Å². The molecule has 3 aliphatic rings. The highest BCUT2D eigenvalue weighted by atomic mass is 16.5. The van der Waals surface area contributed by atoms with Gasteiger partial charge in [0.1, 0.15) is 18.0 Å². The zero-order valence-corrected chi connectivity index (χ0v) is 15.4. The van der Waals surface area contributed by atoms with Gasteiger partial charge in [-0.25, -0.2) is 9.97 Å². The Morgan fingerprint density at radius 1 is 0.840 bits per heavy atom. The Balaban J connectivity index is 1.34. The summed E-state index contributed by atoms with van der Waals surface area (Å²) in [5.74, 6) is 3.04. The Morgan fingerprint density at radius 3 is 2.08 bits per heavy atom. The van der Waals surface area contributed by atoms with Crippen molar-refractivity contribution in [3.05, 3.63) is 12.4 Å². The van der Waals surface area contributed by atoms with Crippen molar-refractivity contribution >= 4 is 11.6 Å². The van der Waals surface area contributed by atoms with Crippen LogP contribution < -0.4 is 9.80 Å². The number of hydrogen-bond donors (Lipinski definition) is 0. The lowest BCUT2D eigenvalue weighted by molar-refractivity contribution is 0.122. The summed E-state index contributed by atoms with van der Waals surface area (Å²) in [6.45, 7) is 10.3. The minimum atomic E-state index is 0.790. The number of hydrogen-bond acceptors (Lipinski definition) is 6. The summed E-state index contributed by atoms with van der Waals surface area (Å²) in [5, 5.41) is 0. The van der Waals surface area contributed by atoms with Crippen molar-refractivity contribution in [2.45, 2.75) is 38.6 Å². The Hall–Kier alpha value is -1.40. The van der Waals surface area contributed by atoms with Crippen LogP contribution in [0.2, 0.25) is 0 Å². The first-order chi connectivity index (χ1) is 12.3. The zero-order valence-electron chi connectivity index (χ0n) is 15.4. The molecule has 4 rings (SSSR count). The second-order valence-electron chi connectivity index (χ2n) is 7.77. The SMILES string of the molecule is CC1CCC(N2CCN(c3cc(N4CCOCC4)ncn3)CC2)CC1. The van der Waals surface area contributed by atoms with Gasteiger partial charge < -0.3 is 14.5 Å². The number of anilines is 2. The van der Waals surface area contributed by atoms with Gasteiger partial charge in [-0.2, -0.15) is 0 Å². The molecule has 1 saturated carbocycles. The minimum absolute atomic E-state index is 0.790. The van der Waals surface area contributed by atoms with E-state index >= 15 is 0 Å². The molecule has 6 nitrogen and oxygen atoms in total. The van der Waals surface area contributed by atoms with Crippen LogP contribution in [0.3, 0.4) is 0 Å². The molecule has 0 radical (unpaired) electrons. The number of ether oxygens (including phenoxy) is 1. The zero-order chi connectivity index (χ0) is 17.1. The third-order valence-electron chi connectivity index (χ3n) is 6.11. The van der Waals surface area contributed by atoms with Crippen molar-refractivity contribution in [2.75, 3.05) is 62.3 Å². The molecule has 3 fully saturated rings. The molecule has 0 aromatic carbocycles. The quantitative estimate of drug-likeness (QED) is 0.835. The first-order valence-corrected chi connectivity index (χ1v) is 9.93. The van der Waals surface area contributed by atoms with E-state index in [4.69, 9.17) is 4.74 Å². The van der Waals surface area contributed by atoms with Crippen LogP contribution in [0, 0.1) is 5.92 Å². The van der Waals surface area contributed by atoms with E-state index in [9.17, 15) is 0 Å². The molecular formula is C19H31N5O. The topological polar surface area (TPSA) is 44.7 Å². The van der Waals surface area contributed by atoms with Gasteiger partial charge in [-0.15, -0.1) is 0 Å². The van der Waals surface area contributed by atoms with E-state index in [1.165, 1.54) is 25.7 Å². The number of aromatic nitrogens is 2. The molecule has 25 heavy (non-hydrogen) atoms. The summed E-state index contributed by atoms with van der Waals surface area (Å²) >= 11 is 0. The van der Waals surface area contributed by atoms with Crippen molar-refractivity contribution in [3.8, 4) is 0 Å². The molecule has 0 atom stereocenters. The van der Waals surface area contributed by atoms with Gasteiger partial charge in [-0.3, -0.25) is 4.90 Å². The maximum Gasteiger partial charge on any atom is 0.134 e. The largest absolute Gasteiger partial charge is 0.378 e. The lowest BCUT2D eigenvalue weighted by atomic mass is 9.86. The Kier molecular flexibility index (Phi) is 5.36. The molecule has 0 amide bonds. The number of piperazine rings is 1. The summed E-state index contributed by atoms with van der Waals surface area (Å²) in [4.78, 5) is 16.5. The molecule has 0 bridgehead atoms. The highest BCUT2D eigenvalue weighted by molar-refractivity contribution is 5.50. The number of rotatable bonds is 3. The van der Waals surface area contributed by atoms with Gasteiger partial charge in [-0.05, 0) is 31.6 Å². The van der Waals surface area contributed by atoms with Crippen molar-refractivity contribution in [1.29, 1.82) is 0 Å². The van der Waals surface area contributed by atoms with Gasteiger partial charge in [-0.1, -0.05) is 6.92 Å². The Bertz CT molecular complexity index is 547. The van der Waals surface area contributed by atoms with Gasteiger partial charge in [0.25, 0.3) is 0 Å². The van der Waals surface area contributed by atoms with Gasteiger partial charge >= 0.3 is 0 Å². The second-order valence-corrected chi connectivity index (χ2v) is 7.77. The van der Waals surface area contributed by atoms with E-state index < -0.39 is 0 Å². The van der Waals surface area contributed by atoms with Gasteiger partial charge in [0.2, 0.25) is 0 Å². The summed E-state index contributed by atoms with van der Waals surface area (Å²) in [6.07, 6.45) is 7.29. The smallest absolute Gasteiger partial charge is 0.134 e. The Morgan fingerprint density at radius 2 is 1.44 bits per heavy atom. The van der Waals surface area contributed by atoms with E-state index in [1.54, 1.807) is 6.33 Å². The summed E-state index contributed by atoms with van der Waals surface area (Å²) in [5.41, 5.74) is 0. The third-order valence-corrected chi connectivity index (χ3v) is 6.11. The van der Waals surface area contributed by atoms with Gasteiger partial charge in [0, 0.05) is 51.4 Å². The number of nitrogens with zero attached hydrogens (tertiary/aromatic N) is 5. The maximum absolute atomic E-state index is 5.44. The van der Waals surface area contributed by atoms with Gasteiger partial charge in [0.15, 0.2) is 0 Å². The van der Waals surface area contributed by atoms with Crippen LogP contribution in [-0.2, 0) is 4.74 Å². The van der Waals surface area contributed by atoms with Crippen LogP contribution in [-0.4, -0.2) is 73.4 Å². The predicted octanol–water partition coefficient (Wildman–Crippen LogP) is 2.01. The molecule has 2 saturated heterocycles. The fourth-order valence-electron chi connectivity index (χ4n) is 4.40. The van der Waals surface area contributed by atoms with E-state index in [1.807, 2.05) is 0 Å². The highest BCUT2D eigenvalue weighted by Crippen LogP contribution is 2.28. The first-order valence-electron chi connectivity index (χ1n) is 9.93. The minimum Gasteiger partial charge on any atom is -0.378 e. The summed E-state index contributed by atoms with van der Waals surface area (Å²) in [6, 6.07) is 2.97. The third kappa shape index (κ3) is 4.06. The van der Waals surface area contributed by atoms with E-state index in [2.05, 4.69) is 37.7 Å². The van der Waals surface area contributed by atoms with Crippen LogP contribution in [0.4, 0.5) is 11.6 Å². The highest BCUT2D eigenvalue weighted by Gasteiger charge is 2.27. The predicted molar refractivity (Wildman–Crippen MR) is 100 cm³/mol. The molecule has 138 valence electrons. The Labute approximate surface area is 151 Å². The van der Waals surface area contributed by atoms with Crippen molar-refractivity contribution < 1.29 is 4.74 Å². The van der Waals surface area contributed by atoms with Crippen LogP contribution >= 0.6 is 0 Å². The molecule has 0 N–H and O–H groups in total. The lowest BCUT2D eigenvalue weighted by Crippen LogP contribution is -2.51. The standard InChI is InChI=1S/C19H31N5O/c1-16-2-4-17(5-3-16)22-6-8-23(9-7-22)18-14-19(21-15-20-18)24-10-12-25-13-11-24/h14-17H,2-13H2,1H3. The molecular weight excluding hydrogens is 314 g/mol. The lowest BCUT2D eigenvalue weighted by Gasteiger charge is -2.42. The molecule has 6 heteroatoms. The van der Waals surface area contributed by atoms with Gasteiger partial charge in [0.05, 0.1) is 13.2 Å². The van der Waals surface area contributed by atoms with E-state index in [0.29, 0.717) is 0 Å². The molecule has 1 aromatic rings. The molecule has 3 heterocycles. The van der Waals surface area contributed by atoms with Crippen LogP contribution in [0.5, 0.6) is 0 Å². The molecule has 0 unspecified atom stereocenters. The number of morpholine rings is 1. The second kappa shape index (κ2) is 7.87. The first kappa shape index (κ1) is 17.0. The monoisotopic (exact) mass is 345 g/mol. The summed E-state index contributed by atoms with van der Waals surface area (Å²) < 4.78 is 5.44.